The molecule has 150 valence electrons. The van der Waals surface area contributed by atoms with Crippen molar-refractivity contribution < 1.29 is 9.59 Å². The first-order valence-corrected chi connectivity index (χ1v) is 10.8. The number of hydrogen-bond donors (Lipinski definition) is 3. The molecule has 1 spiro atoms. The predicted molar refractivity (Wildman–Crippen MR) is 107 cm³/mol. The molecule has 2 atom stereocenters. The Morgan fingerprint density at radius 3 is 2.64 bits per heavy atom. The average Bonchev–Trinajstić information content (AvgIpc) is 3.29. The molecular formula is C22H30N4O2. The van der Waals surface area contributed by atoms with Gasteiger partial charge in [0, 0.05) is 31.6 Å². The van der Waals surface area contributed by atoms with Gasteiger partial charge in [0.25, 0.3) is 0 Å². The Bertz CT molecular complexity index is 762. The maximum Gasteiger partial charge on any atom is 0.241 e. The number of hydrogen-bond acceptors (Lipinski definition) is 4. The zero-order valence-corrected chi connectivity index (χ0v) is 16.4. The van der Waals surface area contributed by atoms with Crippen molar-refractivity contribution in [1.82, 2.24) is 21.1 Å². The Morgan fingerprint density at radius 2 is 1.93 bits per heavy atom. The molecule has 0 bridgehead atoms. The van der Waals surface area contributed by atoms with Gasteiger partial charge in [-0.05, 0) is 55.6 Å². The topological polar surface area (TPSA) is 73.5 Å². The van der Waals surface area contributed by atoms with Gasteiger partial charge in [-0.15, -0.1) is 0 Å². The van der Waals surface area contributed by atoms with Gasteiger partial charge >= 0.3 is 0 Å². The second kappa shape index (κ2) is 7.16. The summed E-state index contributed by atoms with van der Waals surface area (Å²) in [7, 11) is 0. The van der Waals surface area contributed by atoms with Crippen LogP contribution in [-0.2, 0) is 15.0 Å². The third-order valence-electron chi connectivity index (χ3n) is 7.25. The van der Waals surface area contributed by atoms with Gasteiger partial charge in [-0.1, -0.05) is 24.3 Å². The predicted octanol–water partition coefficient (Wildman–Crippen LogP) is 1.43. The van der Waals surface area contributed by atoms with Crippen LogP contribution in [0.2, 0.25) is 0 Å². The third kappa shape index (κ3) is 3.22. The van der Waals surface area contributed by atoms with E-state index in [0.717, 1.165) is 51.9 Å². The summed E-state index contributed by atoms with van der Waals surface area (Å²) in [6, 6.07) is 8.40. The van der Waals surface area contributed by atoms with Crippen LogP contribution in [0.25, 0.3) is 0 Å². The molecule has 1 aromatic rings. The maximum atomic E-state index is 12.9. The first-order chi connectivity index (χ1) is 13.7. The minimum absolute atomic E-state index is 0.0380. The maximum absolute atomic E-state index is 12.9. The summed E-state index contributed by atoms with van der Waals surface area (Å²) >= 11 is 0. The summed E-state index contributed by atoms with van der Waals surface area (Å²) in [5.41, 5.74) is 8.73. The number of nitrogens with zero attached hydrogens (tertiary/aromatic N) is 1. The number of nitrogens with one attached hydrogen (secondary N) is 3. The minimum Gasteiger partial charge on any atom is -0.355 e. The fourth-order valence-corrected chi connectivity index (χ4v) is 5.34. The van der Waals surface area contributed by atoms with Crippen LogP contribution in [0.4, 0.5) is 0 Å². The molecule has 1 aromatic carbocycles. The Morgan fingerprint density at radius 1 is 1.14 bits per heavy atom. The van der Waals surface area contributed by atoms with Crippen molar-refractivity contribution in [2.24, 2.45) is 5.92 Å². The monoisotopic (exact) mass is 382 g/mol. The molecule has 28 heavy (non-hydrogen) atoms. The van der Waals surface area contributed by atoms with Crippen LogP contribution >= 0.6 is 0 Å². The van der Waals surface area contributed by atoms with Gasteiger partial charge in [0.2, 0.25) is 11.8 Å². The molecule has 6 heteroatoms. The smallest absolute Gasteiger partial charge is 0.241 e. The number of fused-ring (bicyclic) bond motifs is 2. The lowest BCUT2D eigenvalue weighted by atomic mass is 9.73. The van der Waals surface area contributed by atoms with Crippen LogP contribution in [0, 0.1) is 5.92 Å². The normalized spacial score (nSPS) is 28.4. The van der Waals surface area contributed by atoms with Crippen molar-refractivity contribution in [3.8, 4) is 0 Å². The van der Waals surface area contributed by atoms with Crippen molar-refractivity contribution in [3.05, 3.63) is 35.4 Å². The molecule has 4 aliphatic rings. The largest absolute Gasteiger partial charge is 0.355 e. The zero-order valence-electron chi connectivity index (χ0n) is 16.4. The van der Waals surface area contributed by atoms with Crippen molar-refractivity contribution in [3.63, 3.8) is 0 Å². The molecule has 2 heterocycles. The van der Waals surface area contributed by atoms with Crippen molar-refractivity contribution in [2.75, 3.05) is 26.2 Å². The summed E-state index contributed by atoms with van der Waals surface area (Å²) in [5.74, 6) is 1.06. The van der Waals surface area contributed by atoms with Gasteiger partial charge in [-0.25, -0.2) is 5.43 Å². The van der Waals surface area contributed by atoms with E-state index in [4.69, 9.17) is 0 Å². The van der Waals surface area contributed by atoms with Gasteiger partial charge in [0.1, 0.15) is 6.04 Å². The van der Waals surface area contributed by atoms with Crippen molar-refractivity contribution in [1.29, 1.82) is 0 Å². The number of amides is 2. The van der Waals surface area contributed by atoms with Gasteiger partial charge in [-0.2, -0.15) is 0 Å². The van der Waals surface area contributed by atoms with E-state index >= 15 is 0 Å². The van der Waals surface area contributed by atoms with Crippen LogP contribution in [0.15, 0.2) is 24.3 Å². The number of carbonyl (C=O) groups excluding carboxylic acids is 2. The van der Waals surface area contributed by atoms with E-state index in [0.29, 0.717) is 5.92 Å². The third-order valence-corrected chi connectivity index (χ3v) is 7.25. The lowest BCUT2D eigenvalue weighted by molar-refractivity contribution is -0.135. The van der Waals surface area contributed by atoms with E-state index < -0.39 is 0 Å². The van der Waals surface area contributed by atoms with Crippen LogP contribution in [0.1, 0.15) is 55.6 Å². The summed E-state index contributed by atoms with van der Waals surface area (Å²) in [5, 5.41) is 3.19. The highest BCUT2D eigenvalue weighted by Crippen LogP contribution is 2.51. The molecule has 3 fully saturated rings. The molecule has 0 aromatic heterocycles. The summed E-state index contributed by atoms with van der Waals surface area (Å²) in [6.07, 6.45) is 6.13. The quantitative estimate of drug-likeness (QED) is 0.737. The van der Waals surface area contributed by atoms with Gasteiger partial charge in [0.15, 0.2) is 0 Å². The molecule has 2 saturated heterocycles. The fourth-order valence-electron chi connectivity index (χ4n) is 5.34. The SMILES string of the molecule is O=C(NCC1CC1)C1CC2(CCN(C(=O)C3CCNN3)CC2)c2ccccc21. The number of benzene rings is 1. The van der Waals surface area contributed by atoms with Crippen LogP contribution < -0.4 is 16.2 Å². The van der Waals surface area contributed by atoms with Crippen LogP contribution in [0.3, 0.4) is 0 Å². The Hall–Kier alpha value is -1.92. The van der Waals surface area contributed by atoms with Crippen LogP contribution in [-0.4, -0.2) is 48.9 Å². The Kier molecular flexibility index (Phi) is 4.63. The van der Waals surface area contributed by atoms with Gasteiger partial charge < -0.3 is 10.2 Å². The van der Waals surface area contributed by atoms with E-state index in [1.54, 1.807) is 0 Å². The summed E-state index contributed by atoms with van der Waals surface area (Å²) < 4.78 is 0. The lowest BCUT2D eigenvalue weighted by Crippen LogP contribution is -2.51. The van der Waals surface area contributed by atoms with E-state index in [1.165, 1.54) is 24.0 Å². The van der Waals surface area contributed by atoms with Crippen LogP contribution in [0.5, 0.6) is 0 Å². The Balaban J connectivity index is 1.30. The number of rotatable bonds is 4. The molecule has 2 aliphatic carbocycles. The number of carbonyl (C=O) groups is 2. The first kappa shape index (κ1) is 18.1. The van der Waals surface area contributed by atoms with E-state index in [-0.39, 0.29) is 29.2 Å². The number of piperidine rings is 1. The summed E-state index contributed by atoms with van der Waals surface area (Å²) in [4.78, 5) is 27.7. The minimum atomic E-state index is -0.0918. The molecule has 6 nitrogen and oxygen atoms in total. The van der Waals surface area contributed by atoms with Gasteiger partial charge in [0.05, 0.1) is 5.92 Å². The second-order valence-corrected chi connectivity index (χ2v) is 9.05. The zero-order chi connectivity index (χ0) is 19.1. The number of likely N-dealkylation sites (tertiary alicyclic amines) is 1. The van der Waals surface area contributed by atoms with E-state index in [2.05, 4.69) is 40.4 Å². The molecule has 2 unspecified atom stereocenters. The molecular weight excluding hydrogens is 352 g/mol. The molecule has 1 saturated carbocycles. The second-order valence-electron chi connectivity index (χ2n) is 9.05. The highest BCUT2D eigenvalue weighted by atomic mass is 16.2. The van der Waals surface area contributed by atoms with Crippen molar-refractivity contribution in [2.45, 2.75) is 55.9 Å². The first-order valence-electron chi connectivity index (χ1n) is 10.8. The molecule has 2 aliphatic heterocycles. The number of hydrazine groups is 1. The molecule has 3 N–H and O–H groups in total. The molecule has 5 rings (SSSR count). The highest BCUT2D eigenvalue weighted by Gasteiger charge is 2.48. The van der Waals surface area contributed by atoms with E-state index in [1.807, 2.05) is 4.90 Å². The lowest BCUT2D eigenvalue weighted by Gasteiger charge is -2.41. The molecule has 0 radical (unpaired) electrons. The average molecular weight is 383 g/mol. The van der Waals surface area contributed by atoms with Crippen molar-refractivity contribution >= 4 is 11.8 Å². The van der Waals surface area contributed by atoms with Gasteiger partial charge in [-0.3, -0.25) is 15.0 Å². The van der Waals surface area contributed by atoms with E-state index in [9.17, 15) is 9.59 Å². The molecule has 2 amide bonds. The summed E-state index contributed by atoms with van der Waals surface area (Å²) in [6.45, 7) is 3.23. The Labute approximate surface area is 166 Å². The fraction of sp³-hybridized carbons (Fsp3) is 0.636. The highest BCUT2D eigenvalue weighted by molar-refractivity contribution is 5.86. The standard InChI is InChI=1S/C22H30N4O2/c27-20(23-14-15-5-6-15)17-13-22(18-4-2-1-3-16(17)18)8-11-26(12-9-22)21(28)19-7-10-24-25-19/h1-4,15,17,19,24-25H,5-14H2,(H,23,27).